The van der Waals surface area contributed by atoms with Crippen LogP contribution in [0.15, 0.2) is 24.4 Å². The van der Waals surface area contributed by atoms with Gasteiger partial charge in [-0.25, -0.2) is 9.97 Å². The molecular formula is C21H25N3O4. The summed E-state index contributed by atoms with van der Waals surface area (Å²) < 4.78 is 16.3. The van der Waals surface area contributed by atoms with Crippen LogP contribution in [0.2, 0.25) is 0 Å². The molecule has 1 aromatic heterocycles. The van der Waals surface area contributed by atoms with Crippen molar-refractivity contribution in [2.24, 2.45) is 0 Å². The molecule has 0 amide bonds. The van der Waals surface area contributed by atoms with Gasteiger partial charge in [0.1, 0.15) is 0 Å². The lowest BCUT2D eigenvalue weighted by atomic mass is 9.82. The number of carbonyl (C=O) groups is 1. The molecule has 1 aliphatic heterocycles. The van der Waals surface area contributed by atoms with Crippen LogP contribution in [-0.4, -0.2) is 49.2 Å². The fraction of sp³-hybridized carbons (Fsp3) is 0.476. The van der Waals surface area contributed by atoms with Crippen molar-refractivity contribution >= 4 is 11.7 Å². The number of carbonyl (C=O) groups excluding carboxylic acids is 1. The molecule has 2 aliphatic rings. The molecule has 2 aromatic rings. The maximum atomic E-state index is 12.6. The standard InChI is InChI=1S/C21H25N3O4/c1-26-19-6-5-13(10-20(19)27-2)14-8-17-16(18(25)9-14)12-23-21(24-17)22-11-15-4-3-7-28-15/h5-6,10,12,14-15H,3-4,7-9,11H2,1-2H3,(H,22,23,24)/t14-,15-/m0/s1. The van der Waals surface area contributed by atoms with Gasteiger partial charge in [-0.15, -0.1) is 0 Å². The number of ether oxygens (including phenoxy) is 3. The Kier molecular flexibility index (Phi) is 5.43. The topological polar surface area (TPSA) is 82.6 Å². The van der Waals surface area contributed by atoms with Crippen molar-refractivity contribution in [2.45, 2.75) is 37.7 Å². The number of ketones is 1. The van der Waals surface area contributed by atoms with Crippen LogP contribution in [0.3, 0.4) is 0 Å². The lowest BCUT2D eigenvalue weighted by Crippen LogP contribution is -2.23. The van der Waals surface area contributed by atoms with E-state index in [-0.39, 0.29) is 17.8 Å². The van der Waals surface area contributed by atoms with E-state index in [4.69, 9.17) is 14.2 Å². The van der Waals surface area contributed by atoms with Crippen LogP contribution in [0.4, 0.5) is 5.95 Å². The van der Waals surface area contributed by atoms with E-state index in [0.29, 0.717) is 42.4 Å². The average molecular weight is 383 g/mol. The Morgan fingerprint density at radius 2 is 2.07 bits per heavy atom. The molecule has 28 heavy (non-hydrogen) atoms. The summed E-state index contributed by atoms with van der Waals surface area (Å²) in [6.45, 7) is 1.50. The predicted molar refractivity (Wildman–Crippen MR) is 104 cm³/mol. The van der Waals surface area contributed by atoms with E-state index in [2.05, 4.69) is 15.3 Å². The Balaban J connectivity index is 1.53. The first-order valence-corrected chi connectivity index (χ1v) is 9.64. The highest BCUT2D eigenvalue weighted by molar-refractivity contribution is 5.98. The monoisotopic (exact) mass is 383 g/mol. The molecule has 1 aliphatic carbocycles. The van der Waals surface area contributed by atoms with Crippen LogP contribution in [0.1, 0.15) is 46.8 Å². The Bertz CT molecular complexity index is 865. The number of aromatic nitrogens is 2. The number of rotatable bonds is 6. The van der Waals surface area contributed by atoms with Crippen LogP contribution in [0.5, 0.6) is 11.5 Å². The Morgan fingerprint density at radius 3 is 2.82 bits per heavy atom. The van der Waals surface area contributed by atoms with Gasteiger partial charge < -0.3 is 19.5 Å². The molecule has 0 saturated carbocycles. The second-order valence-electron chi connectivity index (χ2n) is 7.21. The highest BCUT2D eigenvalue weighted by Gasteiger charge is 2.29. The number of fused-ring (bicyclic) bond motifs is 1. The molecule has 2 atom stereocenters. The second-order valence-corrected chi connectivity index (χ2v) is 7.21. The number of benzene rings is 1. The SMILES string of the molecule is COc1ccc([C@@H]2CC(=O)c3cnc(NC[C@@H]4CCCO4)nc3C2)cc1OC. The minimum Gasteiger partial charge on any atom is -0.493 e. The number of hydrogen-bond donors (Lipinski definition) is 1. The van der Waals surface area contributed by atoms with Crippen molar-refractivity contribution in [3.05, 3.63) is 41.2 Å². The number of nitrogens with one attached hydrogen (secondary N) is 1. The van der Waals surface area contributed by atoms with Crippen molar-refractivity contribution in [2.75, 3.05) is 32.7 Å². The summed E-state index contributed by atoms with van der Waals surface area (Å²) in [5, 5.41) is 3.24. The lowest BCUT2D eigenvalue weighted by molar-refractivity contribution is 0.0962. The van der Waals surface area contributed by atoms with E-state index in [1.807, 2.05) is 18.2 Å². The molecule has 0 bridgehead atoms. The Morgan fingerprint density at radius 1 is 1.21 bits per heavy atom. The zero-order valence-corrected chi connectivity index (χ0v) is 16.2. The molecule has 1 fully saturated rings. The van der Waals surface area contributed by atoms with Crippen LogP contribution in [0, 0.1) is 0 Å². The molecule has 2 heterocycles. The molecule has 1 aromatic carbocycles. The summed E-state index contributed by atoms with van der Waals surface area (Å²) in [5.74, 6) is 2.03. The minimum atomic E-state index is 0.0562. The third-order valence-electron chi connectivity index (χ3n) is 5.43. The maximum absolute atomic E-state index is 12.6. The fourth-order valence-electron chi connectivity index (χ4n) is 3.88. The van der Waals surface area contributed by atoms with E-state index in [0.717, 1.165) is 30.7 Å². The normalized spacial score (nSPS) is 21.3. The first-order chi connectivity index (χ1) is 13.7. The summed E-state index contributed by atoms with van der Waals surface area (Å²) in [5.41, 5.74) is 2.46. The number of methoxy groups -OCH3 is 2. The average Bonchev–Trinajstić information content (AvgIpc) is 3.25. The molecule has 0 radical (unpaired) electrons. The Labute approximate surface area is 164 Å². The summed E-state index contributed by atoms with van der Waals surface area (Å²) in [6, 6.07) is 5.81. The van der Waals surface area contributed by atoms with E-state index in [1.165, 1.54) is 0 Å². The highest BCUT2D eigenvalue weighted by atomic mass is 16.5. The van der Waals surface area contributed by atoms with Crippen molar-refractivity contribution in [1.29, 1.82) is 0 Å². The van der Waals surface area contributed by atoms with Gasteiger partial charge in [-0.05, 0) is 42.9 Å². The molecule has 4 rings (SSSR count). The number of Topliss-reactive ketones (excluding diaryl/α,β-unsaturated/α-hetero) is 1. The largest absolute Gasteiger partial charge is 0.493 e. The highest BCUT2D eigenvalue weighted by Crippen LogP contribution is 2.36. The van der Waals surface area contributed by atoms with E-state index < -0.39 is 0 Å². The van der Waals surface area contributed by atoms with Gasteiger partial charge in [0.15, 0.2) is 17.3 Å². The van der Waals surface area contributed by atoms with Crippen molar-refractivity contribution in [1.82, 2.24) is 9.97 Å². The van der Waals surface area contributed by atoms with Crippen molar-refractivity contribution in [3.8, 4) is 11.5 Å². The third-order valence-corrected chi connectivity index (χ3v) is 5.43. The molecular weight excluding hydrogens is 358 g/mol. The Hall–Kier alpha value is -2.67. The first kappa shape index (κ1) is 18.7. The predicted octanol–water partition coefficient (Wildman–Crippen LogP) is 3.00. The molecule has 7 heteroatoms. The number of hydrogen-bond acceptors (Lipinski definition) is 7. The van der Waals surface area contributed by atoms with Crippen LogP contribution >= 0.6 is 0 Å². The fourth-order valence-corrected chi connectivity index (χ4v) is 3.88. The van der Waals surface area contributed by atoms with Gasteiger partial charge in [0, 0.05) is 25.8 Å². The van der Waals surface area contributed by atoms with Crippen molar-refractivity contribution < 1.29 is 19.0 Å². The molecule has 148 valence electrons. The van der Waals surface area contributed by atoms with Crippen LogP contribution in [0.25, 0.3) is 0 Å². The van der Waals surface area contributed by atoms with E-state index >= 15 is 0 Å². The summed E-state index contributed by atoms with van der Waals surface area (Å²) in [7, 11) is 3.22. The van der Waals surface area contributed by atoms with Gasteiger partial charge in [0.2, 0.25) is 5.95 Å². The lowest BCUT2D eigenvalue weighted by Gasteiger charge is -2.24. The first-order valence-electron chi connectivity index (χ1n) is 9.64. The quantitative estimate of drug-likeness (QED) is 0.821. The second kappa shape index (κ2) is 8.14. The van der Waals surface area contributed by atoms with Crippen LogP contribution in [-0.2, 0) is 11.2 Å². The van der Waals surface area contributed by atoms with Gasteiger partial charge in [-0.3, -0.25) is 4.79 Å². The van der Waals surface area contributed by atoms with Gasteiger partial charge in [-0.2, -0.15) is 0 Å². The van der Waals surface area contributed by atoms with Gasteiger partial charge in [0.05, 0.1) is 31.6 Å². The summed E-state index contributed by atoms with van der Waals surface area (Å²) in [4.78, 5) is 21.6. The molecule has 7 nitrogen and oxygen atoms in total. The van der Waals surface area contributed by atoms with Gasteiger partial charge >= 0.3 is 0 Å². The third kappa shape index (κ3) is 3.80. The maximum Gasteiger partial charge on any atom is 0.222 e. The summed E-state index contributed by atoms with van der Waals surface area (Å²) in [6.07, 6.45) is 5.13. The van der Waals surface area contributed by atoms with Gasteiger partial charge in [0.25, 0.3) is 0 Å². The molecule has 0 unspecified atom stereocenters. The van der Waals surface area contributed by atoms with E-state index in [9.17, 15) is 4.79 Å². The number of anilines is 1. The summed E-state index contributed by atoms with van der Waals surface area (Å²) >= 11 is 0. The molecule has 1 saturated heterocycles. The van der Waals surface area contributed by atoms with Gasteiger partial charge in [-0.1, -0.05) is 6.07 Å². The zero-order chi connectivity index (χ0) is 19.5. The van der Waals surface area contributed by atoms with Crippen LogP contribution < -0.4 is 14.8 Å². The zero-order valence-electron chi connectivity index (χ0n) is 16.2. The van der Waals surface area contributed by atoms with E-state index in [1.54, 1.807) is 20.4 Å². The minimum absolute atomic E-state index is 0.0562. The smallest absolute Gasteiger partial charge is 0.222 e. The molecule has 0 spiro atoms. The molecule has 1 N–H and O–H groups in total. The number of nitrogens with zero attached hydrogens (tertiary/aromatic N) is 2. The van der Waals surface area contributed by atoms with Crippen molar-refractivity contribution in [3.63, 3.8) is 0 Å².